The number of fused-ring (bicyclic) bond motifs is 1. The number of nitrogens with zero attached hydrogens (tertiary/aromatic N) is 2. The smallest absolute Gasteiger partial charge is 0.193 e. The largest absolute Gasteiger partial charge is 0.494 e. The first-order valence-electron chi connectivity index (χ1n) is 7.11. The highest BCUT2D eigenvalue weighted by Crippen LogP contribution is 2.14. The van der Waals surface area contributed by atoms with Gasteiger partial charge in [-0.2, -0.15) is 0 Å². The SMILES string of the molecule is CNC(CCOc1ccccc1)Cc1cn2ccsc2n1. The van der Waals surface area contributed by atoms with Gasteiger partial charge < -0.3 is 10.1 Å². The topological polar surface area (TPSA) is 38.6 Å². The van der Waals surface area contributed by atoms with E-state index in [9.17, 15) is 0 Å². The molecule has 110 valence electrons. The molecule has 0 radical (unpaired) electrons. The van der Waals surface area contributed by atoms with Crippen LogP contribution >= 0.6 is 11.3 Å². The van der Waals surface area contributed by atoms with E-state index in [1.54, 1.807) is 11.3 Å². The zero-order chi connectivity index (χ0) is 14.5. The molecule has 0 aliphatic carbocycles. The minimum absolute atomic E-state index is 0.373. The summed E-state index contributed by atoms with van der Waals surface area (Å²) in [7, 11) is 1.99. The Morgan fingerprint density at radius 3 is 2.95 bits per heavy atom. The fourth-order valence-electron chi connectivity index (χ4n) is 2.31. The third-order valence-corrected chi connectivity index (χ3v) is 4.26. The van der Waals surface area contributed by atoms with Gasteiger partial charge in [-0.05, 0) is 25.6 Å². The van der Waals surface area contributed by atoms with Gasteiger partial charge in [-0.3, -0.25) is 4.40 Å². The second kappa shape index (κ2) is 6.74. The van der Waals surface area contributed by atoms with Gasteiger partial charge in [0.15, 0.2) is 4.96 Å². The van der Waals surface area contributed by atoms with Crippen LogP contribution in [0.5, 0.6) is 5.75 Å². The molecule has 1 N–H and O–H groups in total. The summed E-state index contributed by atoms with van der Waals surface area (Å²) in [5.41, 5.74) is 1.13. The van der Waals surface area contributed by atoms with Gasteiger partial charge >= 0.3 is 0 Å². The van der Waals surface area contributed by atoms with E-state index in [2.05, 4.69) is 26.3 Å². The van der Waals surface area contributed by atoms with E-state index in [-0.39, 0.29) is 0 Å². The number of para-hydroxylation sites is 1. The number of rotatable bonds is 7. The van der Waals surface area contributed by atoms with Crippen LogP contribution in [0, 0.1) is 0 Å². The van der Waals surface area contributed by atoms with Crippen LogP contribution in [0.15, 0.2) is 48.1 Å². The fraction of sp³-hybridized carbons (Fsp3) is 0.312. The molecule has 0 aliphatic heterocycles. The third-order valence-electron chi connectivity index (χ3n) is 3.49. The molecule has 0 fully saturated rings. The first-order valence-corrected chi connectivity index (χ1v) is 7.99. The molecule has 3 aromatic rings. The van der Waals surface area contributed by atoms with E-state index >= 15 is 0 Å². The summed E-state index contributed by atoms with van der Waals surface area (Å²) in [5, 5.41) is 5.40. The van der Waals surface area contributed by atoms with Crippen LogP contribution in [0.25, 0.3) is 4.96 Å². The van der Waals surface area contributed by atoms with Crippen molar-refractivity contribution < 1.29 is 4.74 Å². The van der Waals surface area contributed by atoms with Gasteiger partial charge in [-0.25, -0.2) is 4.98 Å². The molecule has 2 aromatic heterocycles. The lowest BCUT2D eigenvalue weighted by Gasteiger charge is -2.15. The Labute approximate surface area is 128 Å². The van der Waals surface area contributed by atoms with Gasteiger partial charge in [0, 0.05) is 30.2 Å². The van der Waals surface area contributed by atoms with E-state index < -0.39 is 0 Å². The lowest BCUT2D eigenvalue weighted by Crippen LogP contribution is -2.29. The molecule has 3 rings (SSSR count). The summed E-state index contributed by atoms with van der Waals surface area (Å²) in [4.78, 5) is 5.68. The van der Waals surface area contributed by atoms with Crippen molar-refractivity contribution in [2.24, 2.45) is 0 Å². The van der Waals surface area contributed by atoms with Crippen molar-refractivity contribution >= 4 is 16.3 Å². The molecule has 0 saturated carbocycles. The molecule has 1 atom stereocenters. The highest BCUT2D eigenvalue weighted by Gasteiger charge is 2.11. The Hall–Kier alpha value is -1.85. The molecule has 0 bridgehead atoms. The summed E-state index contributed by atoms with van der Waals surface area (Å²) < 4.78 is 7.83. The van der Waals surface area contributed by atoms with Crippen molar-refractivity contribution in [2.75, 3.05) is 13.7 Å². The number of aromatic nitrogens is 2. The monoisotopic (exact) mass is 301 g/mol. The first kappa shape index (κ1) is 14.1. The van der Waals surface area contributed by atoms with E-state index in [4.69, 9.17) is 4.74 Å². The van der Waals surface area contributed by atoms with Crippen molar-refractivity contribution in [3.05, 3.63) is 53.8 Å². The van der Waals surface area contributed by atoms with Crippen LogP contribution in [0.2, 0.25) is 0 Å². The lowest BCUT2D eigenvalue weighted by molar-refractivity contribution is 0.288. The van der Waals surface area contributed by atoms with E-state index in [1.165, 1.54) is 0 Å². The van der Waals surface area contributed by atoms with Gasteiger partial charge in [0.2, 0.25) is 0 Å². The Morgan fingerprint density at radius 1 is 1.33 bits per heavy atom. The van der Waals surface area contributed by atoms with Crippen molar-refractivity contribution in [3.63, 3.8) is 0 Å². The Bertz CT molecular complexity index is 648. The Kier molecular flexibility index (Phi) is 4.52. The number of imidazole rings is 1. The summed E-state index contributed by atoms with van der Waals surface area (Å²) in [6.45, 7) is 0.706. The molecule has 4 nitrogen and oxygen atoms in total. The van der Waals surface area contributed by atoms with Gasteiger partial charge in [0.1, 0.15) is 5.75 Å². The third kappa shape index (κ3) is 3.62. The zero-order valence-electron chi connectivity index (χ0n) is 12.0. The number of nitrogens with one attached hydrogen (secondary N) is 1. The van der Waals surface area contributed by atoms with Crippen LogP contribution in [-0.4, -0.2) is 29.1 Å². The summed E-state index contributed by atoms with van der Waals surface area (Å²) in [6.07, 6.45) is 6.03. The minimum atomic E-state index is 0.373. The Balaban J connectivity index is 1.52. The van der Waals surface area contributed by atoms with Crippen molar-refractivity contribution in [3.8, 4) is 5.75 Å². The summed E-state index contributed by atoms with van der Waals surface area (Å²) >= 11 is 1.66. The molecule has 21 heavy (non-hydrogen) atoms. The molecule has 1 aromatic carbocycles. The van der Waals surface area contributed by atoms with Crippen LogP contribution in [-0.2, 0) is 6.42 Å². The second-order valence-electron chi connectivity index (χ2n) is 4.97. The molecule has 0 spiro atoms. The molecule has 0 amide bonds. The number of ether oxygens (including phenoxy) is 1. The maximum Gasteiger partial charge on any atom is 0.193 e. The number of benzene rings is 1. The Morgan fingerprint density at radius 2 is 2.19 bits per heavy atom. The number of hydrogen-bond acceptors (Lipinski definition) is 4. The number of likely N-dealkylation sites (N-methyl/N-ethyl adjacent to an activating group) is 1. The predicted molar refractivity (Wildman–Crippen MR) is 86.2 cm³/mol. The van der Waals surface area contributed by atoms with Crippen LogP contribution < -0.4 is 10.1 Å². The number of hydrogen-bond donors (Lipinski definition) is 1. The molecular weight excluding hydrogens is 282 g/mol. The average molecular weight is 301 g/mol. The maximum absolute atomic E-state index is 5.76. The van der Waals surface area contributed by atoms with Crippen LogP contribution in [0.4, 0.5) is 0 Å². The van der Waals surface area contributed by atoms with Gasteiger partial charge in [-0.1, -0.05) is 18.2 Å². The molecule has 0 aliphatic rings. The molecule has 1 unspecified atom stereocenters. The average Bonchev–Trinajstić information content (AvgIpc) is 3.08. The quantitative estimate of drug-likeness (QED) is 0.729. The lowest BCUT2D eigenvalue weighted by atomic mass is 10.1. The zero-order valence-corrected chi connectivity index (χ0v) is 12.8. The van der Waals surface area contributed by atoms with E-state index in [0.717, 1.165) is 29.2 Å². The van der Waals surface area contributed by atoms with Gasteiger partial charge in [0.25, 0.3) is 0 Å². The maximum atomic E-state index is 5.76. The molecule has 2 heterocycles. The van der Waals surface area contributed by atoms with Crippen molar-refractivity contribution in [1.29, 1.82) is 0 Å². The van der Waals surface area contributed by atoms with E-state index in [1.807, 2.05) is 43.6 Å². The van der Waals surface area contributed by atoms with E-state index in [0.29, 0.717) is 12.6 Å². The first-order chi connectivity index (χ1) is 10.3. The van der Waals surface area contributed by atoms with Gasteiger partial charge in [0.05, 0.1) is 12.3 Å². The number of thiazole rings is 1. The molecular formula is C16H19N3OS. The summed E-state index contributed by atoms with van der Waals surface area (Å²) in [5.74, 6) is 0.926. The van der Waals surface area contributed by atoms with Crippen LogP contribution in [0.3, 0.4) is 0 Å². The highest BCUT2D eigenvalue weighted by atomic mass is 32.1. The fourth-order valence-corrected chi connectivity index (χ4v) is 3.03. The normalized spacial score (nSPS) is 12.6. The standard InChI is InChI=1S/C16H19N3OS/c1-17-13(7-9-20-15-5-3-2-4-6-15)11-14-12-19-8-10-21-16(19)18-14/h2-6,8,10,12-13,17H,7,9,11H2,1H3. The highest BCUT2D eigenvalue weighted by molar-refractivity contribution is 7.15. The van der Waals surface area contributed by atoms with Crippen molar-refractivity contribution in [1.82, 2.24) is 14.7 Å². The molecule has 0 saturated heterocycles. The minimum Gasteiger partial charge on any atom is -0.494 e. The van der Waals surface area contributed by atoms with Crippen molar-refractivity contribution in [2.45, 2.75) is 18.9 Å². The van der Waals surface area contributed by atoms with Gasteiger partial charge in [-0.15, -0.1) is 11.3 Å². The second-order valence-corrected chi connectivity index (χ2v) is 5.84. The van der Waals surface area contributed by atoms with Crippen LogP contribution in [0.1, 0.15) is 12.1 Å². The molecule has 5 heteroatoms. The summed E-state index contributed by atoms with van der Waals surface area (Å²) in [6, 6.07) is 10.3. The predicted octanol–water partition coefficient (Wildman–Crippen LogP) is 3.00.